The Morgan fingerprint density at radius 1 is 1.32 bits per heavy atom. The zero-order valence-corrected chi connectivity index (χ0v) is 12.5. The lowest BCUT2D eigenvalue weighted by molar-refractivity contribution is -0.131. The monoisotopic (exact) mass is 305 g/mol. The van der Waals surface area contributed by atoms with Crippen LogP contribution in [-0.4, -0.2) is 58.7 Å². The highest BCUT2D eigenvalue weighted by atomic mass is 16.6. The maximum absolute atomic E-state index is 12.3. The average molecular weight is 305 g/mol. The van der Waals surface area contributed by atoms with Gasteiger partial charge in [0.2, 0.25) is 5.91 Å². The van der Waals surface area contributed by atoms with Gasteiger partial charge in [-0.1, -0.05) is 6.07 Å². The van der Waals surface area contributed by atoms with Gasteiger partial charge in [-0.15, -0.1) is 0 Å². The Labute approximate surface area is 128 Å². The number of ether oxygens (including phenoxy) is 1. The highest BCUT2D eigenvalue weighted by Gasteiger charge is 2.49. The molecular formula is C15H19N3O4. The van der Waals surface area contributed by atoms with E-state index in [1.165, 1.54) is 15.5 Å². The van der Waals surface area contributed by atoms with Crippen LogP contribution in [0.15, 0.2) is 29.2 Å². The van der Waals surface area contributed by atoms with Crippen molar-refractivity contribution >= 4 is 12.0 Å². The standard InChI is InChI=1S/C15H19N3O4/c1-16-10-15(22-14(16)21)6-9-18(11-15)13(20)5-8-17-7-3-2-4-12(17)19/h2-4,7H,5-6,8-11H2,1H3/t15-/m0/s1. The van der Waals surface area contributed by atoms with Crippen LogP contribution in [0.1, 0.15) is 12.8 Å². The van der Waals surface area contributed by atoms with Gasteiger partial charge in [-0.3, -0.25) is 9.59 Å². The summed E-state index contributed by atoms with van der Waals surface area (Å²) in [5.74, 6) is -0.0155. The third-order valence-corrected chi connectivity index (χ3v) is 4.28. The highest BCUT2D eigenvalue weighted by molar-refractivity contribution is 5.77. The maximum Gasteiger partial charge on any atom is 0.410 e. The zero-order valence-electron chi connectivity index (χ0n) is 12.5. The van der Waals surface area contributed by atoms with E-state index in [-0.39, 0.29) is 24.0 Å². The molecule has 0 bridgehead atoms. The van der Waals surface area contributed by atoms with Gasteiger partial charge in [-0.25, -0.2) is 4.79 Å². The topological polar surface area (TPSA) is 71.8 Å². The van der Waals surface area contributed by atoms with E-state index < -0.39 is 5.60 Å². The molecule has 2 aliphatic heterocycles. The summed E-state index contributed by atoms with van der Waals surface area (Å²) in [6.07, 6.45) is 2.28. The van der Waals surface area contributed by atoms with Crippen LogP contribution >= 0.6 is 0 Å². The molecule has 3 heterocycles. The summed E-state index contributed by atoms with van der Waals surface area (Å²) in [5, 5.41) is 0. The SMILES string of the molecule is CN1C[C@]2(CCN(C(=O)CCn3ccccc3=O)C2)OC1=O. The molecule has 1 aromatic heterocycles. The molecule has 0 saturated carbocycles. The zero-order chi connectivity index (χ0) is 15.7. The first-order chi connectivity index (χ1) is 10.5. The first-order valence-corrected chi connectivity index (χ1v) is 7.36. The van der Waals surface area contributed by atoms with Crippen LogP contribution in [-0.2, 0) is 16.1 Å². The van der Waals surface area contributed by atoms with Crippen molar-refractivity contribution in [3.8, 4) is 0 Å². The first-order valence-electron chi connectivity index (χ1n) is 7.36. The smallest absolute Gasteiger partial charge is 0.410 e. The number of aryl methyl sites for hydroxylation is 1. The number of hydrogen-bond donors (Lipinski definition) is 0. The van der Waals surface area contributed by atoms with Gasteiger partial charge < -0.3 is 19.1 Å². The predicted octanol–water partition coefficient (Wildman–Crippen LogP) is 0.291. The quantitative estimate of drug-likeness (QED) is 0.805. The molecular weight excluding hydrogens is 286 g/mol. The predicted molar refractivity (Wildman–Crippen MR) is 78.4 cm³/mol. The van der Waals surface area contributed by atoms with Crippen molar-refractivity contribution in [1.82, 2.24) is 14.4 Å². The molecule has 0 unspecified atom stereocenters. The second kappa shape index (κ2) is 5.47. The number of rotatable bonds is 3. The van der Waals surface area contributed by atoms with Gasteiger partial charge in [0, 0.05) is 45.2 Å². The van der Waals surface area contributed by atoms with E-state index in [4.69, 9.17) is 4.74 Å². The molecule has 2 saturated heterocycles. The minimum atomic E-state index is -0.551. The van der Waals surface area contributed by atoms with Crippen LogP contribution in [0.25, 0.3) is 0 Å². The lowest BCUT2D eigenvalue weighted by Gasteiger charge is -2.21. The van der Waals surface area contributed by atoms with Gasteiger partial charge in [0.1, 0.15) is 0 Å². The molecule has 1 atom stereocenters. The number of carbonyl (C=O) groups is 2. The second-order valence-corrected chi connectivity index (χ2v) is 5.95. The van der Waals surface area contributed by atoms with Crippen LogP contribution in [0, 0.1) is 0 Å². The second-order valence-electron chi connectivity index (χ2n) is 5.95. The Bertz CT molecular complexity index is 656. The Morgan fingerprint density at radius 3 is 2.82 bits per heavy atom. The maximum atomic E-state index is 12.3. The van der Waals surface area contributed by atoms with Crippen LogP contribution < -0.4 is 5.56 Å². The Morgan fingerprint density at radius 2 is 2.14 bits per heavy atom. The summed E-state index contributed by atoms with van der Waals surface area (Å²) in [4.78, 5) is 38.7. The number of likely N-dealkylation sites (N-methyl/N-ethyl adjacent to an activating group) is 1. The summed E-state index contributed by atoms with van der Waals surface area (Å²) < 4.78 is 6.94. The number of nitrogens with zero attached hydrogens (tertiary/aromatic N) is 3. The third kappa shape index (κ3) is 2.70. The van der Waals surface area contributed by atoms with E-state index in [1.807, 2.05) is 0 Å². The number of aromatic nitrogens is 1. The van der Waals surface area contributed by atoms with E-state index >= 15 is 0 Å². The van der Waals surface area contributed by atoms with Crippen molar-refractivity contribution in [3.63, 3.8) is 0 Å². The fraction of sp³-hybridized carbons (Fsp3) is 0.533. The lowest BCUT2D eigenvalue weighted by atomic mass is 10.0. The number of hydrogen-bond acceptors (Lipinski definition) is 4. The Balaban J connectivity index is 1.57. The molecule has 1 spiro atoms. The molecule has 1 aromatic rings. The Hall–Kier alpha value is -2.31. The summed E-state index contributed by atoms with van der Waals surface area (Å²) in [7, 11) is 1.70. The van der Waals surface area contributed by atoms with Crippen molar-refractivity contribution in [3.05, 3.63) is 34.7 Å². The molecule has 118 valence electrons. The van der Waals surface area contributed by atoms with E-state index in [2.05, 4.69) is 0 Å². The molecule has 0 N–H and O–H groups in total. The highest BCUT2D eigenvalue weighted by Crippen LogP contribution is 2.31. The molecule has 0 radical (unpaired) electrons. The normalized spacial score (nSPS) is 24.1. The van der Waals surface area contributed by atoms with Crippen molar-refractivity contribution in [2.45, 2.75) is 25.0 Å². The van der Waals surface area contributed by atoms with Crippen molar-refractivity contribution in [2.75, 3.05) is 26.7 Å². The number of likely N-dealkylation sites (tertiary alicyclic amines) is 1. The average Bonchev–Trinajstić information content (AvgIpc) is 3.01. The molecule has 2 amide bonds. The molecule has 2 fully saturated rings. The minimum absolute atomic E-state index is 0.0155. The van der Waals surface area contributed by atoms with E-state index in [1.54, 1.807) is 30.3 Å². The van der Waals surface area contributed by atoms with Gasteiger partial charge in [0.25, 0.3) is 5.56 Å². The fourth-order valence-corrected chi connectivity index (χ4v) is 3.08. The molecule has 0 aliphatic carbocycles. The van der Waals surface area contributed by atoms with Crippen molar-refractivity contribution < 1.29 is 14.3 Å². The molecule has 22 heavy (non-hydrogen) atoms. The summed E-state index contributed by atoms with van der Waals surface area (Å²) >= 11 is 0. The summed E-state index contributed by atoms with van der Waals surface area (Å²) in [6.45, 7) is 1.91. The fourth-order valence-electron chi connectivity index (χ4n) is 3.08. The van der Waals surface area contributed by atoms with Crippen molar-refractivity contribution in [2.24, 2.45) is 0 Å². The number of carbonyl (C=O) groups excluding carboxylic acids is 2. The molecule has 2 aliphatic rings. The molecule has 7 heteroatoms. The third-order valence-electron chi connectivity index (χ3n) is 4.28. The number of amides is 2. The van der Waals surface area contributed by atoms with Gasteiger partial charge in [0.05, 0.1) is 13.1 Å². The molecule has 7 nitrogen and oxygen atoms in total. The van der Waals surface area contributed by atoms with Gasteiger partial charge in [0.15, 0.2) is 5.60 Å². The van der Waals surface area contributed by atoms with Crippen LogP contribution in [0.5, 0.6) is 0 Å². The van der Waals surface area contributed by atoms with Crippen molar-refractivity contribution in [1.29, 1.82) is 0 Å². The van der Waals surface area contributed by atoms with Gasteiger partial charge in [-0.2, -0.15) is 0 Å². The first kappa shape index (κ1) is 14.6. The molecule has 3 rings (SSSR count). The Kier molecular flexibility index (Phi) is 3.64. The minimum Gasteiger partial charge on any atom is -0.439 e. The van der Waals surface area contributed by atoms with E-state index in [0.717, 1.165) is 0 Å². The van der Waals surface area contributed by atoms with Gasteiger partial charge in [-0.05, 0) is 6.07 Å². The largest absolute Gasteiger partial charge is 0.439 e. The van der Waals surface area contributed by atoms with E-state index in [0.29, 0.717) is 32.6 Å². The molecule has 0 aromatic carbocycles. The number of pyridine rings is 1. The van der Waals surface area contributed by atoms with Crippen LogP contribution in [0.3, 0.4) is 0 Å². The van der Waals surface area contributed by atoms with Crippen LogP contribution in [0.2, 0.25) is 0 Å². The summed E-state index contributed by atoms with van der Waals surface area (Å²) in [6, 6.07) is 4.92. The van der Waals surface area contributed by atoms with Gasteiger partial charge >= 0.3 is 6.09 Å². The van der Waals surface area contributed by atoms with Crippen LogP contribution in [0.4, 0.5) is 4.79 Å². The lowest BCUT2D eigenvalue weighted by Crippen LogP contribution is -2.39. The summed E-state index contributed by atoms with van der Waals surface area (Å²) in [5.41, 5.74) is -0.662. The van der Waals surface area contributed by atoms with E-state index in [9.17, 15) is 14.4 Å².